The van der Waals surface area contributed by atoms with Crippen LogP contribution in [0.25, 0.3) is 0 Å². The van der Waals surface area contributed by atoms with E-state index in [1.54, 1.807) is 0 Å². The molecule has 1 rings (SSSR count). The van der Waals surface area contributed by atoms with Crippen LogP contribution in [0, 0.1) is 0 Å². The van der Waals surface area contributed by atoms with Gasteiger partial charge in [0.1, 0.15) is 5.70 Å². The first-order valence-electron chi connectivity index (χ1n) is 6.54. The molecule has 0 bridgehead atoms. The predicted molar refractivity (Wildman–Crippen MR) is 78.2 cm³/mol. The van der Waals surface area contributed by atoms with Crippen molar-refractivity contribution in [3.8, 4) is 0 Å². The number of esters is 1. The molecule has 20 heavy (non-hydrogen) atoms. The Balaban J connectivity index is 2.90. The number of carbonyl (C=O) groups is 2. The molecule has 5 nitrogen and oxygen atoms in total. The van der Waals surface area contributed by atoms with E-state index >= 15 is 0 Å². The zero-order chi connectivity index (χ0) is 15.0. The van der Waals surface area contributed by atoms with Crippen molar-refractivity contribution in [3.63, 3.8) is 0 Å². The Kier molecular flexibility index (Phi) is 6.29. The average molecular weight is 276 g/mol. The lowest BCUT2D eigenvalue weighted by atomic mass is 10.1. The van der Waals surface area contributed by atoms with E-state index in [9.17, 15) is 9.59 Å². The molecule has 0 atom stereocenters. The van der Waals surface area contributed by atoms with Crippen molar-refractivity contribution in [3.05, 3.63) is 41.6 Å². The number of benzene rings is 1. The zero-order valence-electron chi connectivity index (χ0n) is 12.0. The molecule has 0 fully saturated rings. The van der Waals surface area contributed by atoms with Crippen LogP contribution in [-0.4, -0.2) is 25.5 Å². The van der Waals surface area contributed by atoms with Gasteiger partial charge >= 0.3 is 5.97 Å². The van der Waals surface area contributed by atoms with E-state index in [-0.39, 0.29) is 11.6 Å². The van der Waals surface area contributed by atoms with Crippen LogP contribution in [0.1, 0.15) is 19.4 Å². The van der Waals surface area contributed by atoms with Crippen molar-refractivity contribution >= 4 is 17.6 Å². The number of hydrogen-bond acceptors (Lipinski definition) is 4. The van der Waals surface area contributed by atoms with Gasteiger partial charge in [-0.1, -0.05) is 19.1 Å². The van der Waals surface area contributed by atoms with Gasteiger partial charge in [0, 0.05) is 12.2 Å². The summed E-state index contributed by atoms with van der Waals surface area (Å²) >= 11 is 0. The monoisotopic (exact) mass is 276 g/mol. The zero-order valence-corrected chi connectivity index (χ0v) is 12.0. The SMILES string of the molecule is CCNC(=O)/C(=C/C(=O)OC)Nc1ccc(CC)cc1. The second-order valence-electron chi connectivity index (χ2n) is 4.12. The van der Waals surface area contributed by atoms with Gasteiger partial charge in [-0.3, -0.25) is 4.79 Å². The topological polar surface area (TPSA) is 67.4 Å². The van der Waals surface area contributed by atoms with Gasteiger partial charge < -0.3 is 15.4 Å². The molecule has 1 aromatic carbocycles. The van der Waals surface area contributed by atoms with Crippen LogP contribution in [0.4, 0.5) is 5.69 Å². The second-order valence-corrected chi connectivity index (χ2v) is 4.12. The van der Waals surface area contributed by atoms with Crippen molar-refractivity contribution in [2.24, 2.45) is 0 Å². The quantitative estimate of drug-likeness (QED) is 0.614. The smallest absolute Gasteiger partial charge is 0.332 e. The summed E-state index contributed by atoms with van der Waals surface area (Å²) in [6.07, 6.45) is 2.08. The molecular weight excluding hydrogens is 256 g/mol. The summed E-state index contributed by atoms with van der Waals surface area (Å²) in [4.78, 5) is 23.2. The number of rotatable bonds is 6. The lowest BCUT2D eigenvalue weighted by molar-refractivity contribution is -0.135. The van der Waals surface area contributed by atoms with Crippen molar-refractivity contribution < 1.29 is 14.3 Å². The first-order valence-corrected chi connectivity index (χ1v) is 6.54. The number of methoxy groups -OCH3 is 1. The van der Waals surface area contributed by atoms with Gasteiger partial charge in [-0.15, -0.1) is 0 Å². The lowest BCUT2D eigenvalue weighted by Crippen LogP contribution is -2.28. The van der Waals surface area contributed by atoms with Crippen LogP contribution in [0.5, 0.6) is 0 Å². The van der Waals surface area contributed by atoms with E-state index in [0.29, 0.717) is 6.54 Å². The Bertz CT molecular complexity index is 492. The summed E-state index contributed by atoms with van der Waals surface area (Å²) in [5, 5.41) is 5.57. The minimum atomic E-state index is -0.580. The van der Waals surface area contributed by atoms with Crippen LogP contribution < -0.4 is 10.6 Å². The maximum atomic E-state index is 11.9. The van der Waals surface area contributed by atoms with E-state index in [0.717, 1.165) is 18.2 Å². The maximum Gasteiger partial charge on any atom is 0.332 e. The van der Waals surface area contributed by atoms with Crippen LogP contribution >= 0.6 is 0 Å². The van der Waals surface area contributed by atoms with Gasteiger partial charge in [0.2, 0.25) is 0 Å². The van der Waals surface area contributed by atoms with Gasteiger partial charge in [0.05, 0.1) is 13.2 Å². The van der Waals surface area contributed by atoms with E-state index in [1.165, 1.54) is 12.7 Å². The molecule has 0 saturated carbocycles. The summed E-state index contributed by atoms with van der Waals surface area (Å²) in [7, 11) is 1.27. The molecule has 0 aliphatic rings. The molecule has 0 unspecified atom stereocenters. The lowest BCUT2D eigenvalue weighted by Gasteiger charge is -2.11. The summed E-state index contributed by atoms with van der Waals surface area (Å²) in [5.41, 5.74) is 2.10. The highest BCUT2D eigenvalue weighted by Crippen LogP contribution is 2.12. The molecule has 0 heterocycles. The largest absolute Gasteiger partial charge is 0.466 e. The van der Waals surface area contributed by atoms with Crippen molar-refractivity contribution in [2.75, 3.05) is 19.0 Å². The molecule has 0 aliphatic carbocycles. The summed E-state index contributed by atoms with van der Waals surface area (Å²) in [5.74, 6) is -0.929. The van der Waals surface area contributed by atoms with Crippen molar-refractivity contribution in [1.82, 2.24) is 5.32 Å². The van der Waals surface area contributed by atoms with Crippen LogP contribution in [0.2, 0.25) is 0 Å². The molecule has 0 spiro atoms. The second kappa shape index (κ2) is 7.99. The van der Waals surface area contributed by atoms with E-state index in [1.807, 2.05) is 31.2 Å². The maximum absolute atomic E-state index is 11.9. The van der Waals surface area contributed by atoms with Gasteiger partial charge in [-0.25, -0.2) is 4.79 Å². The Morgan fingerprint density at radius 2 is 1.85 bits per heavy atom. The molecular formula is C15H20N2O3. The number of ether oxygens (including phenoxy) is 1. The van der Waals surface area contributed by atoms with E-state index < -0.39 is 5.97 Å². The Morgan fingerprint density at radius 1 is 1.20 bits per heavy atom. The summed E-state index contributed by atoms with van der Waals surface area (Å²) in [6, 6.07) is 7.66. The molecule has 108 valence electrons. The Morgan fingerprint density at radius 3 is 2.35 bits per heavy atom. The third kappa shape index (κ3) is 4.76. The van der Waals surface area contributed by atoms with Crippen LogP contribution in [-0.2, 0) is 20.7 Å². The number of nitrogens with one attached hydrogen (secondary N) is 2. The van der Waals surface area contributed by atoms with Gasteiger partial charge in [-0.2, -0.15) is 0 Å². The molecule has 5 heteroatoms. The first-order chi connectivity index (χ1) is 9.60. The summed E-state index contributed by atoms with van der Waals surface area (Å²) in [6.45, 7) is 4.36. The predicted octanol–water partition coefficient (Wildman–Crippen LogP) is 1.85. The third-order valence-electron chi connectivity index (χ3n) is 2.69. The van der Waals surface area contributed by atoms with E-state index in [4.69, 9.17) is 0 Å². The first kappa shape index (κ1) is 15.8. The molecule has 1 aromatic rings. The fourth-order valence-electron chi connectivity index (χ4n) is 1.57. The van der Waals surface area contributed by atoms with Gasteiger partial charge in [0.15, 0.2) is 0 Å². The number of carbonyl (C=O) groups excluding carboxylic acids is 2. The minimum Gasteiger partial charge on any atom is -0.466 e. The number of amides is 1. The Labute approximate surface area is 119 Å². The fraction of sp³-hybridized carbons (Fsp3) is 0.333. The molecule has 0 aliphatic heterocycles. The number of likely N-dealkylation sites (N-methyl/N-ethyl adjacent to an activating group) is 1. The molecule has 1 amide bonds. The summed E-state index contributed by atoms with van der Waals surface area (Å²) < 4.78 is 4.55. The van der Waals surface area contributed by atoms with Crippen LogP contribution in [0.15, 0.2) is 36.0 Å². The molecule has 0 radical (unpaired) electrons. The van der Waals surface area contributed by atoms with Crippen LogP contribution in [0.3, 0.4) is 0 Å². The standard InChI is InChI=1S/C15H20N2O3/c1-4-11-6-8-12(9-7-11)17-13(10-14(18)20-3)15(19)16-5-2/h6-10,17H,4-5H2,1-3H3,(H,16,19)/b13-10-. The fourth-order valence-corrected chi connectivity index (χ4v) is 1.57. The third-order valence-corrected chi connectivity index (χ3v) is 2.69. The van der Waals surface area contributed by atoms with Crippen molar-refractivity contribution in [2.45, 2.75) is 20.3 Å². The number of hydrogen-bond donors (Lipinski definition) is 2. The number of anilines is 1. The average Bonchev–Trinajstić information content (AvgIpc) is 2.47. The highest BCUT2D eigenvalue weighted by Gasteiger charge is 2.11. The minimum absolute atomic E-state index is 0.156. The molecule has 2 N–H and O–H groups in total. The molecule has 0 saturated heterocycles. The molecule has 0 aromatic heterocycles. The van der Waals surface area contributed by atoms with Crippen molar-refractivity contribution in [1.29, 1.82) is 0 Å². The Hall–Kier alpha value is -2.30. The van der Waals surface area contributed by atoms with Gasteiger partial charge in [0.25, 0.3) is 5.91 Å². The van der Waals surface area contributed by atoms with Gasteiger partial charge in [-0.05, 0) is 31.0 Å². The highest BCUT2D eigenvalue weighted by molar-refractivity contribution is 6.01. The number of aryl methyl sites for hydroxylation is 1. The normalized spacial score (nSPS) is 10.8. The van der Waals surface area contributed by atoms with E-state index in [2.05, 4.69) is 22.3 Å². The highest BCUT2D eigenvalue weighted by atomic mass is 16.5.